The highest BCUT2D eigenvalue weighted by Crippen LogP contribution is 2.31. The minimum Gasteiger partial charge on any atom is -0.419 e. The van der Waals surface area contributed by atoms with E-state index in [-0.39, 0.29) is 24.2 Å². The number of rotatable bonds is 8. The summed E-state index contributed by atoms with van der Waals surface area (Å²) in [4.78, 5) is 14.8. The molecule has 0 bridgehead atoms. The van der Waals surface area contributed by atoms with Crippen molar-refractivity contribution in [3.63, 3.8) is 0 Å². The number of hydrogen-bond donors (Lipinski definition) is 1. The van der Waals surface area contributed by atoms with Gasteiger partial charge in [0.05, 0.1) is 28.6 Å². The van der Waals surface area contributed by atoms with Crippen LogP contribution in [0.25, 0.3) is 17.4 Å². The molecule has 1 aromatic carbocycles. The number of nitrogen functional groups attached to an aromatic ring is 1. The Labute approximate surface area is 204 Å². The van der Waals surface area contributed by atoms with Crippen LogP contribution < -0.4 is 5.84 Å². The van der Waals surface area contributed by atoms with E-state index < -0.39 is 0 Å². The van der Waals surface area contributed by atoms with Crippen molar-refractivity contribution in [2.75, 3.05) is 11.6 Å². The zero-order chi connectivity index (χ0) is 23.8. The number of benzene rings is 1. The number of thioether (sulfide) groups is 1. The van der Waals surface area contributed by atoms with E-state index in [2.05, 4.69) is 25.5 Å². The van der Waals surface area contributed by atoms with E-state index in [1.807, 2.05) is 38.1 Å². The SMILES string of the molecule is Cc1cc(C)n(-c2nnc(SCC(=O)N(Cc3nnc(-c4ccccc4Cl)o3)C3CC3)n2N)n1. The molecule has 3 aromatic heterocycles. The monoisotopic (exact) mass is 499 g/mol. The summed E-state index contributed by atoms with van der Waals surface area (Å²) in [7, 11) is 0. The Kier molecular flexibility index (Phi) is 6.00. The Morgan fingerprint density at radius 3 is 2.74 bits per heavy atom. The number of halogens is 1. The van der Waals surface area contributed by atoms with Crippen molar-refractivity contribution < 1.29 is 9.21 Å². The van der Waals surface area contributed by atoms with E-state index in [4.69, 9.17) is 21.9 Å². The average Bonchev–Trinajstić information content (AvgIpc) is 3.29. The molecule has 2 N–H and O–H groups in total. The van der Waals surface area contributed by atoms with E-state index in [0.29, 0.717) is 33.5 Å². The second kappa shape index (κ2) is 9.11. The van der Waals surface area contributed by atoms with Crippen LogP contribution in [0, 0.1) is 13.8 Å². The van der Waals surface area contributed by atoms with Crippen LogP contribution in [0.4, 0.5) is 0 Å². The molecule has 176 valence electrons. The van der Waals surface area contributed by atoms with Crippen molar-refractivity contribution in [2.45, 2.75) is 44.4 Å². The predicted molar refractivity (Wildman–Crippen MR) is 126 cm³/mol. The Morgan fingerprint density at radius 2 is 2.03 bits per heavy atom. The van der Waals surface area contributed by atoms with Gasteiger partial charge in [0.25, 0.3) is 5.95 Å². The van der Waals surface area contributed by atoms with Crippen LogP contribution in [-0.4, -0.2) is 57.5 Å². The zero-order valence-corrected chi connectivity index (χ0v) is 20.1. The lowest BCUT2D eigenvalue weighted by molar-refractivity contribution is -0.129. The number of nitrogens with two attached hydrogens (primary N) is 1. The number of aryl methyl sites for hydroxylation is 2. The molecule has 1 fully saturated rings. The van der Waals surface area contributed by atoms with Crippen LogP contribution in [0.2, 0.25) is 5.02 Å². The standard InChI is InChI=1S/C21H22ClN9O2S/c1-12-9-13(2)31(28-12)20-26-27-21(30(20)23)34-11-18(32)29(14-7-8-14)10-17-24-25-19(33-17)15-5-3-4-6-16(15)22/h3-6,9,14H,7-8,10-11,23H2,1-2H3. The fourth-order valence-electron chi connectivity index (χ4n) is 3.57. The summed E-state index contributed by atoms with van der Waals surface area (Å²) in [5.74, 6) is 7.33. The first-order chi connectivity index (χ1) is 16.4. The Hall–Kier alpha value is -3.38. The number of carbonyl (C=O) groups is 1. The van der Waals surface area contributed by atoms with Gasteiger partial charge in [0.1, 0.15) is 0 Å². The van der Waals surface area contributed by atoms with E-state index >= 15 is 0 Å². The highest BCUT2D eigenvalue weighted by molar-refractivity contribution is 7.99. The molecule has 0 saturated heterocycles. The van der Waals surface area contributed by atoms with Crippen LogP contribution in [0.5, 0.6) is 0 Å². The van der Waals surface area contributed by atoms with Gasteiger partial charge in [-0.15, -0.1) is 20.4 Å². The number of hydrogen-bond acceptors (Lipinski definition) is 9. The Morgan fingerprint density at radius 1 is 1.24 bits per heavy atom. The Bertz CT molecular complexity index is 1340. The van der Waals surface area contributed by atoms with Gasteiger partial charge in [-0.05, 0) is 44.9 Å². The van der Waals surface area contributed by atoms with Crippen molar-refractivity contribution in [3.8, 4) is 17.4 Å². The molecule has 0 aliphatic heterocycles. The molecule has 3 heterocycles. The van der Waals surface area contributed by atoms with Crippen LogP contribution in [0.3, 0.4) is 0 Å². The van der Waals surface area contributed by atoms with Crippen LogP contribution in [0.1, 0.15) is 30.1 Å². The fourth-order valence-corrected chi connectivity index (χ4v) is 4.52. The molecule has 34 heavy (non-hydrogen) atoms. The van der Waals surface area contributed by atoms with Crippen molar-refractivity contribution >= 4 is 29.3 Å². The van der Waals surface area contributed by atoms with E-state index in [1.54, 1.807) is 15.6 Å². The molecule has 13 heteroatoms. The molecule has 11 nitrogen and oxygen atoms in total. The molecular weight excluding hydrogens is 478 g/mol. The van der Waals surface area contributed by atoms with Gasteiger partial charge >= 0.3 is 0 Å². The normalized spacial score (nSPS) is 13.4. The van der Waals surface area contributed by atoms with Gasteiger partial charge in [0.2, 0.25) is 22.8 Å². The third kappa shape index (κ3) is 4.50. The molecular formula is C21H22ClN9O2S. The maximum absolute atomic E-state index is 13.1. The largest absolute Gasteiger partial charge is 0.419 e. The van der Waals surface area contributed by atoms with Crippen LogP contribution in [-0.2, 0) is 11.3 Å². The fraction of sp³-hybridized carbons (Fsp3) is 0.333. The van der Waals surface area contributed by atoms with Gasteiger partial charge < -0.3 is 15.2 Å². The topological polar surface area (TPSA) is 134 Å². The summed E-state index contributed by atoms with van der Waals surface area (Å²) in [5.41, 5.74) is 2.40. The van der Waals surface area contributed by atoms with Crippen LogP contribution >= 0.6 is 23.4 Å². The van der Waals surface area contributed by atoms with Gasteiger partial charge in [0, 0.05) is 11.7 Å². The third-order valence-corrected chi connectivity index (χ3v) is 6.61. The average molecular weight is 500 g/mol. The highest BCUT2D eigenvalue weighted by atomic mass is 35.5. The number of aromatic nitrogens is 7. The molecule has 0 atom stereocenters. The second-order valence-corrected chi connectivity index (χ2v) is 9.36. The van der Waals surface area contributed by atoms with Gasteiger partial charge in [-0.25, -0.2) is 9.36 Å². The lowest BCUT2D eigenvalue weighted by atomic mass is 10.2. The quantitative estimate of drug-likeness (QED) is 0.287. The van der Waals surface area contributed by atoms with Crippen molar-refractivity contribution in [1.82, 2.24) is 39.8 Å². The van der Waals surface area contributed by atoms with Crippen LogP contribution in [0.15, 0.2) is 39.9 Å². The second-order valence-electron chi connectivity index (χ2n) is 8.01. The number of amides is 1. The minimum atomic E-state index is -0.0688. The van der Waals surface area contributed by atoms with Crippen molar-refractivity contribution in [1.29, 1.82) is 0 Å². The van der Waals surface area contributed by atoms with Crippen molar-refractivity contribution in [2.24, 2.45) is 0 Å². The summed E-state index contributed by atoms with van der Waals surface area (Å²) >= 11 is 7.44. The molecule has 4 aromatic rings. The first kappa shape index (κ1) is 22.4. The first-order valence-corrected chi connectivity index (χ1v) is 12.0. The van der Waals surface area contributed by atoms with E-state index in [9.17, 15) is 4.79 Å². The Balaban J connectivity index is 1.26. The van der Waals surface area contributed by atoms with Gasteiger partial charge in [0.15, 0.2) is 0 Å². The predicted octanol–water partition coefficient (Wildman–Crippen LogP) is 2.78. The zero-order valence-electron chi connectivity index (χ0n) is 18.6. The smallest absolute Gasteiger partial charge is 0.271 e. The van der Waals surface area contributed by atoms with Gasteiger partial charge in [-0.2, -0.15) is 5.10 Å². The number of nitrogens with zero attached hydrogens (tertiary/aromatic N) is 8. The summed E-state index contributed by atoms with van der Waals surface area (Å²) in [6.07, 6.45) is 1.88. The summed E-state index contributed by atoms with van der Waals surface area (Å²) < 4.78 is 8.75. The molecule has 1 saturated carbocycles. The highest BCUT2D eigenvalue weighted by Gasteiger charge is 2.34. The lowest BCUT2D eigenvalue weighted by Crippen LogP contribution is -2.34. The maximum Gasteiger partial charge on any atom is 0.271 e. The summed E-state index contributed by atoms with van der Waals surface area (Å²) in [6.45, 7) is 4.03. The molecule has 0 unspecified atom stereocenters. The lowest BCUT2D eigenvalue weighted by Gasteiger charge is -2.20. The molecule has 0 spiro atoms. The van der Waals surface area contributed by atoms with Gasteiger partial charge in [-0.1, -0.05) is 35.5 Å². The molecule has 5 rings (SSSR count). The van der Waals surface area contributed by atoms with Crippen molar-refractivity contribution in [3.05, 3.63) is 52.6 Å². The van der Waals surface area contributed by atoms with E-state index in [0.717, 1.165) is 24.2 Å². The molecule has 1 aliphatic carbocycles. The summed E-state index contributed by atoms with van der Waals surface area (Å²) in [6, 6.07) is 9.32. The first-order valence-electron chi connectivity index (χ1n) is 10.6. The molecule has 0 radical (unpaired) electrons. The number of carbonyl (C=O) groups excluding carboxylic acids is 1. The summed E-state index contributed by atoms with van der Waals surface area (Å²) in [5, 5.41) is 21.8. The van der Waals surface area contributed by atoms with Gasteiger partial charge in [-0.3, -0.25) is 4.79 Å². The maximum atomic E-state index is 13.1. The molecule has 1 aliphatic rings. The van der Waals surface area contributed by atoms with E-state index in [1.165, 1.54) is 16.4 Å². The third-order valence-electron chi connectivity index (χ3n) is 5.36. The molecule has 1 amide bonds. The minimum absolute atomic E-state index is 0.0688.